The molecule has 10 heteroatoms. The second-order valence-electron chi connectivity index (χ2n) is 9.16. The lowest BCUT2D eigenvalue weighted by molar-refractivity contribution is -0.140. The number of amides is 3. The van der Waals surface area contributed by atoms with Crippen molar-refractivity contribution in [3.63, 3.8) is 0 Å². The average Bonchev–Trinajstić information content (AvgIpc) is 3.42. The molecule has 1 saturated heterocycles. The summed E-state index contributed by atoms with van der Waals surface area (Å²) in [6, 6.07) is 17.1. The van der Waals surface area contributed by atoms with E-state index in [1.54, 1.807) is 7.11 Å². The first kappa shape index (κ1) is 28.2. The van der Waals surface area contributed by atoms with Crippen molar-refractivity contribution in [3.8, 4) is 0 Å². The monoisotopic (exact) mass is 509 g/mol. The Kier molecular flexibility index (Phi) is 11.4. The minimum Gasteiger partial charge on any atom is -0.452 e. The van der Waals surface area contributed by atoms with E-state index in [0.717, 1.165) is 11.1 Å². The summed E-state index contributed by atoms with van der Waals surface area (Å²) >= 11 is 0. The van der Waals surface area contributed by atoms with E-state index in [4.69, 9.17) is 9.47 Å². The Hall–Kier alpha value is -3.37. The van der Waals surface area contributed by atoms with Crippen molar-refractivity contribution in [1.29, 1.82) is 0 Å². The van der Waals surface area contributed by atoms with E-state index in [0.29, 0.717) is 38.8 Å². The van der Waals surface area contributed by atoms with Crippen molar-refractivity contribution in [1.82, 2.24) is 15.5 Å². The molecule has 2 aromatic carbocycles. The van der Waals surface area contributed by atoms with Crippen LogP contribution in [0.4, 0.5) is 4.79 Å². The quantitative estimate of drug-likeness (QED) is 0.280. The molecule has 0 saturated carbocycles. The van der Waals surface area contributed by atoms with Crippen molar-refractivity contribution in [3.05, 3.63) is 71.8 Å². The van der Waals surface area contributed by atoms with Crippen LogP contribution >= 0.6 is 0 Å². The number of carbonyl (C=O) groups is 3. The standard InChI is InChI=1S/C27H36BN3O6/c1-36-17-9-15-24(28-35)30-25(32)23-14-8-16-31(23)26(33)22(18-20-10-4-2-5-11-20)29-27(34)37-19-21-12-6-3-7-13-21/h2-7,10-13,22-24,28,35H,8-9,14-19H2,1H3,(H,29,34)(H,30,32)/t22-,23+,24+/m0/s1. The zero-order valence-corrected chi connectivity index (χ0v) is 21.3. The topological polar surface area (TPSA) is 117 Å². The highest BCUT2D eigenvalue weighted by atomic mass is 16.5. The molecule has 1 aliphatic heterocycles. The fourth-order valence-corrected chi connectivity index (χ4v) is 4.44. The van der Waals surface area contributed by atoms with Gasteiger partial charge in [0.2, 0.25) is 11.8 Å². The summed E-state index contributed by atoms with van der Waals surface area (Å²) in [6.45, 7) is 1.03. The fraction of sp³-hybridized carbons (Fsp3) is 0.444. The highest BCUT2D eigenvalue weighted by Gasteiger charge is 2.38. The number of nitrogens with zero attached hydrogens (tertiary/aromatic N) is 1. The summed E-state index contributed by atoms with van der Waals surface area (Å²) in [6.07, 6.45) is 2.03. The van der Waals surface area contributed by atoms with Gasteiger partial charge in [0.05, 0.1) is 0 Å². The van der Waals surface area contributed by atoms with Gasteiger partial charge in [-0.05, 0) is 36.8 Å². The van der Waals surface area contributed by atoms with Crippen LogP contribution in [0.1, 0.15) is 36.8 Å². The van der Waals surface area contributed by atoms with Gasteiger partial charge in [0.15, 0.2) is 0 Å². The molecule has 1 aliphatic rings. The van der Waals surface area contributed by atoms with Gasteiger partial charge in [-0.3, -0.25) is 9.59 Å². The van der Waals surface area contributed by atoms with E-state index in [1.165, 1.54) is 4.90 Å². The number of hydrogen-bond acceptors (Lipinski definition) is 6. The first-order valence-electron chi connectivity index (χ1n) is 12.7. The van der Waals surface area contributed by atoms with Gasteiger partial charge in [0.1, 0.15) is 18.7 Å². The normalized spacial score (nSPS) is 16.5. The molecule has 3 atom stereocenters. The molecule has 0 bridgehead atoms. The lowest BCUT2D eigenvalue weighted by atomic mass is 9.84. The zero-order valence-electron chi connectivity index (χ0n) is 21.3. The first-order chi connectivity index (χ1) is 18.0. The van der Waals surface area contributed by atoms with E-state index >= 15 is 0 Å². The van der Waals surface area contributed by atoms with Crippen LogP contribution in [0.15, 0.2) is 60.7 Å². The molecule has 1 heterocycles. The molecule has 3 rings (SSSR count). The maximum atomic E-state index is 13.7. The fourth-order valence-electron chi connectivity index (χ4n) is 4.44. The Morgan fingerprint density at radius 3 is 2.38 bits per heavy atom. The number of carbonyl (C=O) groups excluding carboxylic acids is 3. The predicted octanol–water partition coefficient (Wildman–Crippen LogP) is 1.73. The van der Waals surface area contributed by atoms with Crippen LogP contribution in [0.5, 0.6) is 0 Å². The van der Waals surface area contributed by atoms with Gasteiger partial charge in [0, 0.05) is 32.6 Å². The van der Waals surface area contributed by atoms with Gasteiger partial charge < -0.3 is 30.0 Å². The van der Waals surface area contributed by atoms with Gasteiger partial charge in [0.25, 0.3) is 7.48 Å². The Bertz CT molecular complexity index is 994. The number of rotatable bonds is 13. The molecule has 3 amide bonds. The highest BCUT2D eigenvalue weighted by Crippen LogP contribution is 2.20. The van der Waals surface area contributed by atoms with E-state index in [9.17, 15) is 19.4 Å². The number of alkyl carbamates (subject to hydrolysis) is 1. The van der Waals surface area contributed by atoms with Crippen molar-refractivity contribution in [2.45, 2.75) is 56.7 Å². The number of benzene rings is 2. The van der Waals surface area contributed by atoms with Gasteiger partial charge >= 0.3 is 6.09 Å². The lowest BCUT2D eigenvalue weighted by Gasteiger charge is -2.29. The summed E-state index contributed by atoms with van der Waals surface area (Å²) in [5.41, 5.74) is 1.71. The summed E-state index contributed by atoms with van der Waals surface area (Å²) < 4.78 is 10.4. The Morgan fingerprint density at radius 1 is 1.05 bits per heavy atom. The molecule has 1 fully saturated rings. The third-order valence-corrected chi connectivity index (χ3v) is 6.39. The zero-order chi connectivity index (χ0) is 26.5. The molecule has 0 unspecified atom stereocenters. The molecule has 2 aromatic rings. The van der Waals surface area contributed by atoms with Crippen molar-refractivity contribution in [2.75, 3.05) is 20.3 Å². The van der Waals surface area contributed by atoms with Crippen LogP contribution in [-0.4, -0.2) is 73.6 Å². The van der Waals surface area contributed by atoms with Crippen molar-refractivity contribution >= 4 is 25.4 Å². The molecule has 198 valence electrons. The number of nitrogens with one attached hydrogen (secondary N) is 2. The summed E-state index contributed by atoms with van der Waals surface area (Å²) in [5.74, 6) is -1.04. The smallest absolute Gasteiger partial charge is 0.408 e. The predicted molar refractivity (Wildman–Crippen MR) is 141 cm³/mol. The maximum absolute atomic E-state index is 13.7. The molecule has 0 spiro atoms. The molecular formula is C27H36BN3O6. The summed E-state index contributed by atoms with van der Waals surface area (Å²) in [7, 11) is 1.41. The highest BCUT2D eigenvalue weighted by molar-refractivity contribution is 6.28. The van der Waals surface area contributed by atoms with Crippen LogP contribution in [-0.2, 0) is 32.1 Å². The van der Waals surface area contributed by atoms with Gasteiger partial charge in [-0.2, -0.15) is 0 Å². The molecule has 37 heavy (non-hydrogen) atoms. The largest absolute Gasteiger partial charge is 0.452 e. The molecule has 0 aromatic heterocycles. The molecule has 0 radical (unpaired) electrons. The third kappa shape index (κ3) is 8.91. The number of ether oxygens (including phenoxy) is 2. The van der Waals surface area contributed by atoms with Gasteiger partial charge in [-0.25, -0.2) is 4.79 Å². The second kappa shape index (κ2) is 15.0. The number of methoxy groups -OCH3 is 1. The van der Waals surface area contributed by atoms with Crippen LogP contribution in [0.25, 0.3) is 0 Å². The summed E-state index contributed by atoms with van der Waals surface area (Å²) in [5, 5.41) is 15.3. The molecule has 3 N–H and O–H groups in total. The van der Waals surface area contributed by atoms with E-state index < -0.39 is 24.1 Å². The van der Waals surface area contributed by atoms with Crippen LogP contribution < -0.4 is 10.6 Å². The number of hydrogen-bond donors (Lipinski definition) is 3. The van der Waals surface area contributed by atoms with E-state index in [1.807, 2.05) is 60.7 Å². The van der Waals surface area contributed by atoms with E-state index in [-0.39, 0.29) is 32.3 Å². The minimum absolute atomic E-state index is 0.0826. The van der Waals surface area contributed by atoms with Crippen LogP contribution in [0.2, 0.25) is 0 Å². The summed E-state index contributed by atoms with van der Waals surface area (Å²) in [4.78, 5) is 40.9. The minimum atomic E-state index is -0.894. The van der Waals surface area contributed by atoms with Crippen LogP contribution in [0.3, 0.4) is 0 Å². The third-order valence-electron chi connectivity index (χ3n) is 6.39. The average molecular weight is 509 g/mol. The molecule has 0 aliphatic carbocycles. The van der Waals surface area contributed by atoms with Gasteiger partial charge in [-0.1, -0.05) is 60.7 Å². The lowest BCUT2D eigenvalue weighted by Crippen LogP contribution is -2.55. The second-order valence-corrected chi connectivity index (χ2v) is 9.16. The molecular weight excluding hydrogens is 473 g/mol. The first-order valence-corrected chi connectivity index (χ1v) is 12.7. The Labute approximate surface area is 218 Å². The maximum Gasteiger partial charge on any atom is 0.408 e. The van der Waals surface area contributed by atoms with E-state index in [2.05, 4.69) is 10.6 Å². The van der Waals surface area contributed by atoms with Crippen molar-refractivity contribution in [2.24, 2.45) is 0 Å². The SMILES string of the molecule is COCCC[C@H](BO)NC(=O)[C@H]1CCCN1C(=O)[C@H](Cc1ccccc1)NC(=O)OCc1ccccc1. The Balaban J connectivity index is 1.67. The molecule has 9 nitrogen and oxygen atoms in total. The van der Waals surface area contributed by atoms with Crippen LogP contribution in [0, 0.1) is 0 Å². The Morgan fingerprint density at radius 2 is 1.73 bits per heavy atom. The van der Waals surface area contributed by atoms with Gasteiger partial charge in [-0.15, -0.1) is 0 Å². The number of likely N-dealkylation sites (tertiary alicyclic amines) is 1. The van der Waals surface area contributed by atoms with Crippen molar-refractivity contribution < 1.29 is 28.9 Å².